The highest BCUT2D eigenvalue weighted by molar-refractivity contribution is 8.76. The van der Waals surface area contributed by atoms with E-state index in [1.165, 1.54) is 22.9 Å². The van der Waals surface area contributed by atoms with Crippen molar-refractivity contribution in [3.8, 4) is 0 Å². The average molecular weight is 296 g/mol. The first-order valence-corrected chi connectivity index (χ1v) is 7.93. The van der Waals surface area contributed by atoms with Crippen LogP contribution < -0.4 is 0 Å². The van der Waals surface area contributed by atoms with Crippen LogP contribution in [0.15, 0.2) is 29.2 Å². The molecule has 0 aliphatic rings. The van der Waals surface area contributed by atoms with Crippen molar-refractivity contribution in [2.45, 2.75) is 37.1 Å². The summed E-state index contributed by atoms with van der Waals surface area (Å²) in [5.74, 6) is 0. The normalized spacial score (nSPS) is 13.9. The molecular weight excluding hydrogens is 281 g/mol. The molecule has 1 aromatic carbocycles. The van der Waals surface area contributed by atoms with Crippen LogP contribution in [0.1, 0.15) is 25.5 Å². The van der Waals surface area contributed by atoms with E-state index in [0.29, 0.717) is 0 Å². The molecule has 0 radical (unpaired) electrons. The molecule has 102 valence electrons. The second kappa shape index (κ2) is 6.73. The number of hydrogen-bond donors (Lipinski definition) is 0. The van der Waals surface area contributed by atoms with Gasteiger partial charge in [0.2, 0.25) is 0 Å². The van der Waals surface area contributed by atoms with Crippen LogP contribution in [-0.2, 0) is 4.74 Å². The topological polar surface area (TPSA) is 9.23 Å². The predicted molar refractivity (Wildman–Crippen MR) is 70.8 cm³/mol. The van der Waals surface area contributed by atoms with Crippen LogP contribution in [0.2, 0.25) is 0 Å². The molecule has 0 heterocycles. The zero-order valence-corrected chi connectivity index (χ0v) is 12.0. The lowest BCUT2D eigenvalue weighted by Gasteiger charge is -2.23. The highest BCUT2D eigenvalue weighted by Gasteiger charge is 2.42. The number of hydrogen-bond acceptors (Lipinski definition) is 3. The summed E-state index contributed by atoms with van der Waals surface area (Å²) in [6.07, 6.45) is -4.81. The third-order valence-electron chi connectivity index (χ3n) is 2.07. The number of rotatable bonds is 5. The third kappa shape index (κ3) is 4.74. The van der Waals surface area contributed by atoms with E-state index in [2.05, 4.69) is 0 Å². The summed E-state index contributed by atoms with van der Waals surface area (Å²) in [5, 5.41) is 0. The van der Waals surface area contributed by atoms with Crippen molar-refractivity contribution in [2.75, 3.05) is 6.26 Å². The lowest BCUT2D eigenvalue weighted by atomic mass is 10.1. The zero-order chi connectivity index (χ0) is 13.8. The van der Waals surface area contributed by atoms with Crippen molar-refractivity contribution < 1.29 is 17.9 Å². The molecule has 1 unspecified atom stereocenters. The van der Waals surface area contributed by atoms with E-state index < -0.39 is 18.4 Å². The summed E-state index contributed by atoms with van der Waals surface area (Å²) in [4.78, 5) is 0.928. The number of halogens is 3. The first kappa shape index (κ1) is 15.7. The first-order valence-electron chi connectivity index (χ1n) is 5.37. The highest BCUT2D eigenvalue weighted by atomic mass is 33.1. The Morgan fingerprint density at radius 1 is 1.11 bits per heavy atom. The van der Waals surface area contributed by atoms with E-state index in [-0.39, 0.29) is 5.56 Å². The second-order valence-electron chi connectivity index (χ2n) is 3.93. The molecule has 1 rings (SSSR count). The Kier molecular flexibility index (Phi) is 5.88. The van der Waals surface area contributed by atoms with E-state index in [9.17, 15) is 13.2 Å². The minimum absolute atomic E-state index is 0.140. The maximum Gasteiger partial charge on any atom is 0.418 e. The van der Waals surface area contributed by atoms with Crippen molar-refractivity contribution in [1.29, 1.82) is 0 Å². The predicted octanol–water partition coefficient (Wildman–Crippen LogP) is 5.09. The molecule has 18 heavy (non-hydrogen) atoms. The monoisotopic (exact) mass is 296 g/mol. The Balaban J connectivity index is 2.91. The van der Waals surface area contributed by atoms with Gasteiger partial charge in [0, 0.05) is 4.90 Å². The third-order valence-corrected chi connectivity index (χ3v) is 3.78. The number of alkyl halides is 3. The Bertz CT molecular complexity index is 363. The van der Waals surface area contributed by atoms with Gasteiger partial charge in [0.05, 0.1) is 6.10 Å². The summed E-state index contributed by atoms with van der Waals surface area (Å²) >= 11 is 0. The minimum atomic E-state index is -4.39. The smallest absolute Gasteiger partial charge is 0.361 e. The molecule has 0 amide bonds. The van der Waals surface area contributed by atoms with Gasteiger partial charge in [-0.05, 0) is 37.8 Å². The van der Waals surface area contributed by atoms with Crippen LogP contribution in [0.3, 0.4) is 0 Å². The molecule has 6 heteroatoms. The van der Waals surface area contributed by atoms with Crippen LogP contribution in [0.25, 0.3) is 0 Å². The molecule has 0 aliphatic carbocycles. The summed E-state index contributed by atoms with van der Waals surface area (Å²) < 4.78 is 43.6. The summed E-state index contributed by atoms with van der Waals surface area (Å²) in [5.41, 5.74) is 0.140. The summed E-state index contributed by atoms with van der Waals surface area (Å²) in [6, 6.07) is 6.30. The molecule has 1 nitrogen and oxygen atoms in total. The number of benzene rings is 1. The molecule has 0 saturated heterocycles. The summed E-state index contributed by atoms with van der Waals surface area (Å²) in [6.45, 7) is 3.19. The van der Waals surface area contributed by atoms with Gasteiger partial charge in [-0.1, -0.05) is 33.7 Å². The molecule has 0 bridgehead atoms. The Morgan fingerprint density at radius 2 is 1.67 bits per heavy atom. The average Bonchev–Trinajstić information content (AvgIpc) is 2.26. The Morgan fingerprint density at radius 3 is 2.06 bits per heavy atom. The molecule has 0 fully saturated rings. The van der Waals surface area contributed by atoms with Gasteiger partial charge in [0.15, 0.2) is 6.10 Å². The lowest BCUT2D eigenvalue weighted by Crippen LogP contribution is -2.26. The van der Waals surface area contributed by atoms with Gasteiger partial charge < -0.3 is 4.74 Å². The van der Waals surface area contributed by atoms with Crippen molar-refractivity contribution in [3.63, 3.8) is 0 Å². The fraction of sp³-hybridized carbons (Fsp3) is 0.500. The fourth-order valence-electron chi connectivity index (χ4n) is 1.41. The maximum absolute atomic E-state index is 12.9. The molecule has 0 N–H and O–H groups in total. The zero-order valence-electron chi connectivity index (χ0n) is 10.3. The second-order valence-corrected chi connectivity index (χ2v) is 6.40. The van der Waals surface area contributed by atoms with Gasteiger partial charge in [0.25, 0.3) is 0 Å². The van der Waals surface area contributed by atoms with E-state index in [1.807, 2.05) is 6.26 Å². The van der Waals surface area contributed by atoms with E-state index in [1.54, 1.807) is 36.8 Å². The Hall–Kier alpha value is -0.330. The lowest BCUT2D eigenvalue weighted by molar-refractivity contribution is -0.233. The quantitative estimate of drug-likeness (QED) is 0.701. The molecule has 0 saturated carbocycles. The van der Waals surface area contributed by atoms with Gasteiger partial charge in [-0.3, -0.25) is 0 Å². The summed E-state index contributed by atoms with van der Waals surface area (Å²) in [7, 11) is 3.06. The van der Waals surface area contributed by atoms with Gasteiger partial charge in [0.1, 0.15) is 0 Å². The van der Waals surface area contributed by atoms with Crippen molar-refractivity contribution in [1.82, 2.24) is 0 Å². The molecule has 1 atom stereocenters. The van der Waals surface area contributed by atoms with Crippen LogP contribution in [0, 0.1) is 0 Å². The standard InChI is InChI=1S/C12H15F3OS2/c1-8(2)16-11(12(13,14)15)9-4-6-10(7-5-9)18-17-3/h4-8,11H,1-3H3. The van der Waals surface area contributed by atoms with Crippen LogP contribution in [-0.4, -0.2) is 18.5 Å². The van der Waals surface area contributed by atoms with Crippen LogP contribution in [0.5, 0.6) is 0 Å². The van der Waals surface area contributed by atoms with Crippen LogP contribution in [0.4, 0.5) is 13.2 Å². The highest BCUT2D eigenvalue weighted by Crippen LogP contribution is 2.38. The molecule has 0 spiro atoms. The molecule has 0 aromatic heterocycles. The molecule has 1 aromatic rings. The molecule has 0 aliphatic heterocycles. The largest absolute Gasteiger partial charge is 0.418 e. The van der Waals surface area contributed by atoms with Crippen molar-refractivity contribution in [3.05, 3.63) is 29.8 Å². The fourth-order valence-corrected chi connectivity index (χ4v) is 2.76. The van der Waals surface area contributed by atoms with Crippen molar-refractivity contribution in [2.24, 2.45) is 0 Å². The van der Waals surface area contributed by atoms with E-state index in [4.69, 9.17) is 4.74 Å². The molecular formula is C12H15F3OS2. The van der Waals surface area contributed by atoms with Gasteiger partial charge in [-0.25, -0.2) is 0 Å². The Labute approximate surface area is 113 Å². The first-order chi connectivity index (χ1) is 8.34. The minimum Gasteiger partial charge on any atom is -0.361 e. The van der Waals surface area contributed by atoms with Gasteiger partial charge in [-0.2, -0.15) is 13.2 Å². The van der Waals surface area contributed by atoms with E-state index in [0.717, 1.165) is 4.90 Å². The van der Waals surface area contributed by atoms with Crippen LogP contribution >= 0.6 is 21.6 Å². The maximum atomic E-state index is 12.9. The van der Waals surface area contributed by atoms with Gasteiger partial charge in [-0.15, -0.1) is 0 Å². The van der Waals surface area contributed by atoms with E-state index >= 15 is 0 Å². The van der Waals surface area contributed by atoms with Gasteiger partial charge >= 0.3 is 6.18 Å². The number of ether oxygens (including phenoxy) is 1. The SMILES string of the molecule is CSSc1ccc(C(OC(C)C)C(F)(F)F)cc1. The van der Waals surface area contributed by atoms with Crippen molar-refractivity contribution >= 4 is 21.6 Å².